The Labute approximate surface area is 166 Å². The van der Waals surface area contributed by atoms with Crippen molar-refractivity contribution < 1.29 is 10.2 Å². The summed E-state index contributed by atoms with van der Waals surface area (Å²) in [5, 5.41) is 23.1. The normalized spacial score (nSPS) is 12.5. The lowest BCUT2D eigenvalue weighted by Gasteiger charge is -2.30. The third-order valence-electron chi connectivity index (χ3n) is 4.85. The van der Waals surface area contributed by atoms with E-state index in [-0.39, 0.29) is 22.3 Å². The van der Waals surface area contributed by atoms with Crippen molar-refractivity contribution in [3.8, 4) is 22.6 Å². The van der Waals surface area contributed by atoms with Gasteiger partial charge in [-0.05, 0) is 47.9 Å². The van der Waals surface area contributed by atoms with Crippen LogP contribution < -0.4 is 0 Å². The maximum absolute atomic E-state index is 11.0. The van der Waals surface area contributed by atoms with Crippen LogP contribution in [0, 0.1) is 13.8 Å². The molecule has 0 aromatic heterocycles. The SMILES string of the molecule is Cc1c(Cl)cc(C(C)(C)C)c(-c2c(C(C)(C)C)cc(Cl)c(C)c2O)c1O. The Morgan fingerprint density at radius 2 is 0.923 bits per heavy atom. The number of hydrogen-bond donors (Lipinski definition) is 2. The monoisotopic (exact) mass is 394 g/mol. The van der Waals surface area contributed by atoms with Gasteiger partial charge in [0.1, 0.15) is 11.5 Å². The lowest BCUT2D eigenvalue weighted by atomic mass is 9.75. The van der Waals surface area contributed by atoms with Crippen molar-refractivity contribution in [3.05, 3.63) is 44.4 Å². The van der Waals surface area contributed by atoms with E-state index < -0.39 is 0 Å². The molecule has 0 fully saturated rings. The number of rotatable bonds is 1. The number of hydrogen-bond acceptors (Lipinski definition) is 2. The largest absolute Gasteiger partial charge is 0.507 e. The highest BCUT2D eigenvalue weighted by atomic mass is 35.5. The average Bonchev–Trinajstić information content (AvgIpc) is 2.49. The summed E-state index contributed by atoms with van der Waals surface area (Å²) in [5.41, 5.74) is 3.66. The Bertz CT molecular complexity index is 796. The van der Waals surface area contributed by atoms with E-state index in [1.165, 1.54) is 0 Å². The van der Waals surface area contributed by atoms with Crippen molar-refractivity contribution in [2.45, 2.75) is 66.2 Å². The molecule has 0 atom stereocenters. The van der Waals surface area contributed by atoms with E-state index in [4.69, 9.17) is 23.2 Å². The first-order chi connectivity index (χ1) is 11.7. The molecule has 0 saturated carbocycles. The van der Waals surface area contributed by atoms with Crippen LogP contribution >= 0.6 is 23.2 Å². The molecule has 4 heteroatoms. The van der Waals surface area contributed by atoms with E-state index in [1.54, 1.807) is 13.8 Å². The summed E-state index contributed by atoms with van der Waals surface area (Å²) < 4.78 is 0. The summed E-state index contributed by atoms with van der Waals surface area (Å²) in [6, 6.07) is 3.78. The molecule has 0 heterocycles. The molecule has 26 heavy (non-hydrogen) atoms. The van der Waals surface area contributed by atoms with E-state index in [2.05, 4.69) is 41.5 Å². The Balaban J connectivity index is 3.12. The van der Waals surface area contributed by atoms with Crippen LogP contribution in [0.25, 0.3) is 11.1 Å². The third kappa shape index (κ3) is 3.54. The van der Waals surface area contributed by atoms with Crippen LogP contribution in [0.1, 0.15) is 63.8 Å². The lowest BCUT2D eigenvalue weighted by molar-refractivity contribution is 0.459. The molecule has 0 aliphatic heterocycles. The maximum atomic E-state index is 11.0. The van der Waals surface area contributed by atoms with Gasteiger partial charge in [0, 0.05) is 32.3 Å². The standard InChI is InChI=1S/C22H28Cl2O2/c1-11-15(23)9-13(21(3,4)5)17(19(11)25)18-14(22(6,7)8)10-16(24)12(2)20(18)26/h9-10,25-26H,1-8H3. The summed E-state index contributed by atoms with van der Waals surface area (Å²) >= 11 is 12.7. The van der Waals surface area contributed by atoms with Gasteiger partial charge in [-0.25, -0.2) is 0 Å². The zero-order chi connectivity index (χ0) is 20.2. The molecule has 0 saturated heterocycles. The summed E-state index contributed by atoms with van der Waals surface area (Å²) in [5.74, 6) is 0.204. The van der Waals surface area contributed by atoms with E-state index in [0.717, 1.165) is 11.1 Å². The fraction of sp³-hybridized carbons (Fsp3) is 0.455. The average molecular weight is 395 g/mol. The van der Waals surface area contributed by atoms with Gasteiger partial charge in [-0.2, -0.15) is 0 Å². The van der Waals surface area contributed by atoms with Crippen LogP contribution in [0.4, 0.5) is 0 Å². The molecule has 0 aliphatic rings. The Morgan fingerprint density at radius 1 is 0.654 bits per heavy atom. The molecule has 2 aromatic carbocycles. The molecular formula is C22H28Cl2O2. The molecule has 2 rings (SSSR count). The lowest BCUT2D eigenvalue weighted by Crippen LogP contribution is -2.17. The van der Waals surface area contributed by atoms with Crippen molar-refractivity contribution >= 4 is 23.2 Å². The molecule has 0 spiro atoms. The smallest absolute Gasteiger partial charge is 0.128 e. The topological polar surface area (TPSA) is 40.5 Å². The predicted octanol–water partition coefficient (Wildman–Crippen LogP) is 7.28. The quantitative estimate of drug-likeness (QED) is 0.532. The fourth-order valence-corrected chi connectivity index (χ4v) is 3.56. The molecule has 2 aromatic rings. The maximum Gasteiger partial charge on any atom is 0.128 e. The van der Waals surface area contributed by atoms with Crippen molar-refractivity contribution in [1.82, 2.24) is 0 Å². The van der Waals surface area contributed by atoms with Gasteiger partial charge in [-0.1, -0.05) is 64.7 Å². The fourth-order valence-electron chi connectivity index (χ4n) is 3.16. The number of benzene rings is 2. The number of phenols is 2. The van der Waals surface area contributed by atoms with Crippen molar-refractivity contribution in [1.29, 1.82) is 0 Å². The highest BCUT2D eigenvalue weighted by Gasteiger charge is 2.31. The Kier molecular flexibility index (Phi) is 5.35. The van der Waals surface area contributed by atoms with Crippen LogP contribution in [0.5, 0.6) is 11.5 Å². The number of halogens is 2. The highest BCUT2D eigenvalue weighted by Crippen LogP contribution is 2.51. The van der Waals surface area contributed by atoms with Crippen molar-refractivity contribution in [2.75, 3.05) is 0 Å². The molecule has 2 nitrogen and oxygen atoms in total. The van der Waals surface area contributed by atoms with Gasteiger partial charge in [-0.15, -0.1) is 0 Å². The van der Waals surface area contributed by atoms with Gasteiger partial charge in [0.25, 0.3) is 0 Å². The molecule has 2 N–H and O–H groups in total. The minimum atomic E-state index is -0.278. The third-order valence-corrected chi connectivity index (χ3v) is 5.63. The van der Waals surface area contributed by atoms with E-state index in [9.17, 15) is 10.2 Å². The number of aromatic hydroxyl groups is 2. The minimum absolute atomic E-state index is 0.102. The summed E-state index contributed by atoms with van der Waals surface area (Å²) in [6.45, 7) is 15.9. The highest BCUT2D eigenvalue weighted by molar-refractivity contribution is 6.32. The zero-order valence-corrected chi connectivity index (χ0v) is 18.3. The van der Waals surface area contributed by atoms with Crippen molar-refractivity contribution in [2.24, 2.45) is 0 Å². The second-order valence-electron chi connectivity index (χ2n) is 9.01. The van der Waals surface area contributed by atoms with Gasteiger partial charge < -0.3 is 10.2 Å². The summed E-state index contributed by atoms with van der Waals surface area (Å²) in [6.07, 6.45) is 0. The van der Waals surface area contributed by atoms with E-state index in [1.807, 2.05) is 12.1 Å². The van der Waals surface area contributed by atoms with E-state index in [0.29, 0.717) is 32.3 Å². The van der Waals surface area contributed by atoms with Gasteiger partial charge >= 0.3 is 0 Å². The van der Waals surface area contributed by atoms with Crippen LogP contribution in [-0.2, 0) is 10.8 Å². The molecule has 0 radical (unpaired) electrons. The molecule has 0 aliphatic carbocycles. The second kappa shape index (κ2) is 6.65. The Morgan fingerprint density at radius 3 is 1.15 bits per heavy atom. The van der Waals surface area contributed by atoms with E-state index >= 15 is 0 Å². The molecular weight excluding hydrogens is 367 g/mol. The van der Waals surface area contributed by atoms with Gasteiger partial charge in [0.15, 0.2) is 0 Å². The van der Waals surface area contributed by atoms with Gasteiger partial charge in [0.05, 0.1) is 0 Å². The zero-order valence-electron chi connectivity index (χ0n) is 16.8. The summed E-state index contributed by atoms with van der Waals surface area (Å²) in [7, 11) is 0. The van der Waals surface area contributed by atoms with Gasteiger partial charge in [-0.3, -0.25) is 0 Å². The van der Waals surface area contributed by atoms with Crippen LogP contribution in [-0.4, -0.2) is 10.2 Å². The van der Waals surface area contributed by atoms with Gasteiger partial charge in [0.2, 0.25) is 0 Å². The van der Waals surface area contributed by atoms with Crippen molar-refractivity contribution in [3.63, 3.8) is 0 Å². The first kappa shape index (κ1) is 20.9. The predicted molar refractivity (Wildman–Crippen MR) is 112 cm³/mol. The van der Waals surface area contributed by atoms with Crippen LogP contribution in [0.3, 0.4) is 0 Å². The first-order valence-electron chi connectivity index (χ1n) is 8.73. The summed E-state index contributed by atoms with van der Waals surface area (Å²) in [4.78, 5) is 0. The van der Waals surface area contributed by atoms with Crippen LogP contribution in [0.2, 0.25) is 10.0 Å². The number of phenolic OH excluding ortho intramolecular Hbond substituents is 2. The second-order valence-corrected chi connectivity index (χ2v) is 9.82. The molecule has 142 valence electrons. The minimum Gasteiger partial charge on any atom is -0.507 e. The molecule has 0 unspecified atom stereocenters. The molecule has 0 bridgehead atoms. The van der Waals surface area contributed by atoms with Crippen LogP contribution in [0.15, 0.2) is 12.1 Å². The first-order valence-corrected chi connectivity index (χ1v) is 9.49. The molecule has 0 amide bonds. The Hall–Kier alpha value is -1.38.